The van der Waals surface area contributed by atoms with E-state index in [1.807, 2.05) is 24.3 Å². The number of anilines is 2. The maximum atomic E-state index is 6.31. The highest BCUT2D eigenvalue weighted by Crippen LogP contribution is 2.43. The SMILES string of the molecule is COc1ccc(CNC2(Cc3ccc(OC)cc3)C=CC3=C(CCc4c3nc(N)nc4N3CCN(C)CC3)C2)cc1. The molecule has 8 nitrogen and oxygen atoms in total. The number of rotatable bonds is 8. The van der Waals surface area contributed by atoms with Gasteiger partial charge < -0.3 is 30.3 Å². The molecule has 0 spiro atoms. The molecule has 0 amide bonds. The summed E-state index contributed by atoms with van der Waals surface area (Å²) in [5.74, 6) is 3.11. The lowest BCUT2D eigenvalue weighted by Crippen LogP contribution is -2.47. The first-order valence-corrected chi connectivity index (χ1v) is 14.5. The molecule has 3 aromatic rings. The number of nitrogens with zero attached hydrogens (tertiary/aromatic N) is 4. The van der Waals surface area contributed by atoms with Gasteiger partial charge in [0.2, 0.25) is 5.95 Å². The minimum Gasteiger partial charge on any atom is -0.497 e. The molecule has 214 valence electrons. The highest BCUT2D eigenvalue weighted by molar-refractivity contribution is 5.82. The Morgan fingerprint density at radius 2 is 1.54 bits per heavy atom. The van der Waals surface area contributed by atoms with Gasteiger partial charge in [-0.3, -0.25) is 0 Å². The van der Waals surface area contributed by atoms with Crippen molar-refractivity contribution in [3.8, 4) is 11.5 Å². The van der Waals surface area contributed by atoms with Crippen molar-refractivity contribution in [2.24, 2.45) is 0 Å². The van der Waals surface area contributed by atoms with Crippen molar-refractivity contribution in [1.29, 1.82) is 0 Å². The molecule has 0 saturated carbocycles. The largest absolute Gasteiger partial charge is 0.497 e. The molecule has 1 atom stereocenters. The van der Waals surface area contributed by atoms with Crippen LogP contribution in [0.2, 0.25) is 0 Å². The molecule has 1 unspecified atom stereocenters. The molecule has 2 aromatic carbocycles. The second-order valence-electron chi connectivity index (χ2n) is 11.4. The Morgan fingerprint density at radius 1 is 0.878 bits per heavy atom. The molecule has 1 saturated heterocycles. The Kier molecular flexibility index (Phi) is 7.69. The van der Waals surface area contributed by atoms with Crippen molar-refractivity contribution in [2.45, 2.75) is 37.8 Å². The number of likely N-dealkylation sites (N-methyl/N-ethyl adjacent to an activating group) is 1. The van der Waals surface area contributed by atoms with Crippen molar-refractivity contribution in [1.82, 2.24) is 20.2 Å². The Labute approximate surface area is 242 Å². The fraction of sp³-hybridized carbons (Fsp3) is 0.394. The number of hydrogen-bond acceptors (Lipinski definition) is 8. The maximum Gasteiger partial charge on any atom is 0.222 e. The van der Waals surface area contributed by atoms with Crippen LogP contribution in [-0.4, -0.2) is 67.9 Å². The lowest BCUT2D eigenvalue weighted by Gasteiger charge is -2.39. The van der Waals surface area contributed by atoms with Crippen LogP contribution in [0.15, 0.2) is 66.3 Å². The second kappa shape index (κ2) is 11.5. The first kappa shape index (κ1) is 27.3. The molecule has 41 heavy (non-hydrogen) atoms. The molecule has 1 aliphatic heterocycles. The average molecular weight is 553 g/mol. The summed E-state index contributed by atoms with van der Waals surface area (Å²) in [6.07, 6.45) is 8.33. The van der Waals surface area contributed by atoms with E-state index in [1.165, 1.54) is 27.8 Å². The Balaban J connectivity index is 1.30. The van der Waals surface area contributed by atoms with Gasteiger partial charge >= 0.3 is 0 Å². The van der Waals surface area contributed by atoms with E-state index in [0.717, 1.165) is 81.4 Å². The molecule has 2 aliphatic carbocycles. The summed E-state index contributed by atoms with van der Waals surface area (Å²) in [5, 5.41) is 3.94. The highest BCUT2D eigenvalue weighted by atomic mass is 16.5. The second-order valence-corrected chi connectivity index (χ2v) is 11.4. The number of piperazine rings is 1. The minimum atomic E-state index is -0.232. The van der Waals surface area contributed by atoms with Gasteiger partial charge in [0.05, 0.1) is 19.9 Å². The molecule has 3 aliphatic rings. The van der Waals surface area contributed by atoms with Crippen LogP contribution in [-0.2, 0) is 19.4 Å². The normalized spacial score (nSPS) is 20.5. The first-order chi connectivity index (χ1) is 19.9. The molecule has 0 radical (unpaired) electrons. The van der Waals surface area contributed by atoms with Gasteiger partial charge in [0, 0.05) is 43.8 Å². The zero-order chi connectivity index (χ0) is 28.4. The molecule has 8 heteroatoms. The number of methoxy groups -OCH3 is 2. The third-order valence-corrected chi connectivity index (χ3v) is 8.70. The summed E-state index contributed by atoms with van der Waals surface area (Å²) in [4.78, 5) is 14.3. The lowest BCUT2D eigenvalue weighted by molar-refractivity contribution is 0.311. The standard InChI is InChI=1S/C33H40N6O2/c1-38-16-18-39(19-17-38)31-29-13-8-25-21-33(20-23-4-9-26(40-2)10-5-23,15-14-28(25)30(29)36-32(34)37-31)35-22-24-6-11-27(41-3)12-7-24/h4-7,9-12,14-15,35H,8,13,16-22H2,1-3H3,(H2,34,36,37). The quantitative estimate of drug-likeness (QED) is 0.429. The van der Waals surface area contributed by atoms with Crippen LogP contribution in [0.25, 0.3) is 5.57 Å². The van der Waals surface area contributed by atoms with Gasteiger partial charge in [-0.1, -0.05) is 42.0 Å². The number of nitrogens with one attached hydrogen (secondary N) is 1. The number of nitrogens with two attached hydrogens (primary N) is 1. The van der Waals surface area contributed by atoms with Crippen LogP contribution in [0.4, 0.5) is 11.8 Å². The van der Waals surface area contributed by atoms with Crippen LogP contribution in [0.1, 0.15) is 35.2 Å². The van der Waals surface area contributed by atoms with Crippen molar-refractivity contribution >= 4 is 17.3 Å². The zero-order valence-electron chi connectivity index (χ0n) is 24.3. The van der Waals surface area contributed by atoms with Crippen molar-refractivity contribution in [3.63, 3.8) is 0 Å². The number of fused-ring (bicyclic) bond motifs is 2. The van der Waals surface area contributed by atoms with E-state index < -0.39 is 0 Å². The molecule has 2 heterocycles. The van der Waals surface area contributed by atoms with E-state index in [9.17, 15) is 0 Å². The highest BCUT2D eigenvalue weighted by Gasteiger charge is 2.36. The molecule has 3 N–H and O–H groups in total. The van der Waals surface area contributed by atoms with Gasteiger partial charge in [-0.2, -0.15) is 4.98 Å². The van der Waals surface area contributed by atoms with Gasteiger partial charge in [-0.25, -0.2) is 4.98 Å². The third kappa shape index (κ3) is 5.80. The van der Waals surface area contributed by atoms with Crippen molar-refractivity contribution < 1.29 is 9.47 Å². The van der Waals surface area contributed by atoms with Crippen LogP contribution in [0, 0.1) is 0 Å². The third-order valence-electron chi connectivity index (χ3n) is 8.70. The van der Waals surface area contributed by atoms with E-state index in [4.69, 9.17) is 25.2 Å². The van der Waals surface area contributed by atoms with E-state index in [1.54, 1.807) is 14.2 Å². The Bertz CT molecular complexity index is 1440. The zero-order valence-corrected chi connectivity index (χ0v) is 24.3. The van der Waals surface area contributed by atoms with Gasteiger partial charge in [-0.05, 0) is 73.7 Å². The van der Waals surface area contributed by atoms with E-state index in [0.29, 0.717) is 5.95 Å². The molecular formula is C33H40N6O2. The monoisotopic (exact) mass is 552 g/mol. The fourth-order valence-corrected chi connectivity index (χ4v) is 6.30. The molecular weight excluding hydrogens is 512 g/mol. The van der Waals surface area contributed by atoms with E-state index >= 15 is 0 Å². The number of benzene rings is 2. The molecule has 1 aromatic heterocycles. The summed E-state index contributed by atoms with van der Waals surface area (Å²) in [7, 11) is 5.58. The number of allylic oxidation sites excluding steroid dienone is 2. The Morgan fingerprint density at radius 3 is 2.20 bits per heavy atom. The van der Waals surface area contributed by atoms with Gasteiger partial charge in [-0.15, -0.1) is 0 Å². The smallest absolute Gasteiger partial charge is 0.222 e. The summed E-state index contributed by atoms with van der Waals surface area (Å²) in [6.45, 7) is 4.73. The van der Waals surface area contributed by atoms with Gasteiger partial charge in [0.15, 0.2) is 0 Å². The molecule has 1 fully saturated rings. The summed E-state index contributed by atoms with van der Waals surface area (Å²) in [5.41, 5.74) is 13.5. The summed E-state index contributed by atoms with van der Waals surface area (Å²) in [6, 6.07) is 16.7. The number of aromatic nitrogens is 2. The number of hydrogen-bond donors (Lipinski definition) is 2. The predicted molar refractivity (Wildman–Crippen MR) is 164 cm³/mol. The van der Waals surface area contributed by atoms with E-state index in [-0.39, 0.29) is 5.54 Å². The summed E-state index contributed by atoms with van der Waals surface area (Å²) < 4.78 is 10.8. The first-order valence-electron chi connectivity index (χ1n) is 14.5. The predicted octanol–water partition coefficient (Wildman–Crippen LogP) is 4.26. The topological polar surface area (TPSA) is 88.8 Å². The molecule has 6 rings (SSSR count). The number of ether oxygens (including phenoxy) is 2. The van der Waals surface area contributed by atoms with Crippen LogP contribution < -0.4 is 25.4 Å². The fourth-order valence-electron chi connectivity index (χ4n) is 6.30. The average Bonchev–Trinajstić information content (AvgIpc) is 3.00. The van der Waals surface area contributed by atoms with Crippen LogP contribution in [0.5, 0.6) is 11.5 Å². The van der Waals surface area contributed by atoms with Crippen LogP contribution in [0.3, 0.4) is 0 Å². The van der Waals surface area contributed by atoms with Gasteiger partial charge in [0.1, 0.15) is 17.3 Å². The summed E-state index contributed by atoms with van der Waals surface area (Å²) >= 11 is 0. The minimum absolute atomic E-state index is 0.232. The van der Waals surface area contributed by atoms with Crippen LogP contribution >= 0.6 is 0 Å². The van der Waals surface area contributed by atoms with Gasteiger partial charge in [0.25, 0.3) is 0 Å². The maximum absolute atomic E-state index is 6.31. The van der Waals surface area contributed by atoms with E-state index in [2.05, 4.69) is 58.6 Å². The molecule has 0 bridgehead atoms. The van der Waals surface area contributed by atoms with Crippen molar-refractivity contribution in [2.75, 3.05) is 58.1 Å². The Hall–Kier alpha value is -3.88. The van der Waals surface area contributed by atoms with Crippen molar-refractivity contribution in [3.05, 3.63) is 88.6 Å². The number of nitrogen functional groups attached to an aromatic ring is 1. The lowest BCUT2D eigenvalue weighted by atomic mass is 9.74.